The zero-order chi connectivity index (χ0) is 15.7. The number of methoxy groups -OCH3 is 1. The Bertz CT molecular complexity index is 727. The Kier molecular flexibility index (Phi) is 3.81. The highest BCUT2D eigenvalue weighted by atomic mass is 16.5. The van der Waals surface area contributed by atoms with E-state index in [1.165, 1.54) is 12.0 Å². The van der Waals surface area contributed by atoms with Gasteiger partial charge in [0.1, 0.15) is 6.04 Å². The molecule has 5 heteroatoms. The smallest absolute Gasteiger partial charge is 0.328 e. The number of nitrogens with zero attached hydrogens (tertiary/aromatic N) is 1. The highest BCUT2D eigenvalue weighted by Crippen LogP contribution is 2.23. The number of rotatable bonds is 2. The van der Waals surface area contributed by atoms with Crippen molar-refractivity contribution in [2.75, 3.05) is 13.7 Å². The molecule has 1 fully saturated rings. The first kappa shape index (κ1) is 14.5. The lowest BCUT2D eigenvalue weighted by Gasteiger charge is -2.22. The van der Waals surface area contributed by atoms with E-state index in [1.54, 1.807) is 12.1 Å². The Morgan fingerprint density at radius 2 is 1.91 bits per heavy atom. The zero-order valence-corrected chi connectivity index (χ0v) is 12.2. The van der Waals surface area contributed by atoms with E-state index in [4.69, 9.17) is 4.74 Å². The third-order valence-corrected chi connectivity index (χ3v) is 4.01. The summed E-state index contributed by atoms with van der Waals surface area (Å²) in [4.78, 5) is 25.9. The van der Waals surface area contributed by atoms with E-state index in [1.807, 2.05) is 30.3 Å². The van der Waals surface area contributed by atoms with Crippen LogP contribution < -0.4 is 0 Å². The van der Waals surface area contributed by atoms with Crippen LogP contribution in [0.2, 0.25) is 0 Å². The third kappa shape index (κ3) is 2.55. The molecule has 0 spiro atoms. The monoisotopic (exact) mass is 299 g/mol. The van der Waals surface area contributed by atoms with Crippen LogP contribution in [0.3, 0.4) is 0 Å². The van der Waals surface area contributed by atoms with Crippen molar-refractivity contribution in [2.24, 2.45) is 0 Å². The summed E-state index contributed by atoms with van der Waals surface area (Å²) in [7, 11) is 1.28. The van der Waals surface area contributed by atoms with Gasteiger partial charge >= 0.3 is 5.97 Å². The van der Waals surface area contributed by atoms with Gasteiger partial charge < -0.3 is 14.7 Å². The van der Waals surface area contributed by atoms with Gasteiger partial charge in [-0.3, -0.25) is 4.79 Å². The van der Waals surface area contributed by atoms with Crippen molar-refractivity contribution in [1.29, 1.82) is 0 Å². The fraction of sp³-hybridized carbons (Fsp3) is 0.294. The first-order chi connectivity index (χ1) is 10.6. The molecule has 1 saturated heterocycles. The molecule has 114 valence electrons. The lowest BCUT2D eigenvalue weighted by molar-refractivity contribution is -0.145. The number of hydrogen-bond donors (Lipinski definition) is 1. The maximum atomic E-state index is 12.7. The molecule has 3 rings (SSSR count). The Morgan fingerprint density at radius 3 is 2.64 bits per heavy atom. The predicted molar refractivity (Wildman–Crippen MR) is 81.4 cm³/mol. The molecule has 1 heterocycles. The van der Waals surface area contributed by atoms with Crippen LogP contribution in [-0.4, -0.2) is 47.7 Å². The largest absolute Gasteiger partial charge is 0.467 e. The van der Waals surface area contributed by atoms with Gasteiger partial charge in [-0.25, -0.2) is 4.79 Å². The normalized spacial score (nSPS) is 21.1. The molecular formula is C17H17NO4. The van der Waals surface area contributed by atoms with Gasteiger partial charge in [0.15, 0.2) is 0 Å². The summed E-state index contributed by atoms with van der Waals surface area (Å²) in [6.07, 6.45) is -0.486. The van der Waals surface area contributed by atoms with Crippen LogP contribution in [0.25, 0.3) is 10.8 Å². The number of hydrogen-bond acceptors (Lipinski definition) is 4. The van der Waals surface area contributed by atoms with E-state index in [0.29, 0.717) is 5.56 Å². The molecule has 0 bridgehead atoms. The predicted octanol–water partition coefficient (Wildman–Crippen LogP) is 1.59. The Labute approximate surface area is 128 Å². The second-order valence-electron chi connectivity index (χ2n) is 5.45. The second kappa shape index (κ2) is 5.77. The van der Waals surface area contributed by atoms with Crippen molar-refractivity contribution in [1.82, 2.24) is 4.90 Å². The number of esters is 1. The molecule has 0 saturated carbocycles. The lowest BCUT2D eigenvalue weighted by atomic mass is 10.1. The van der Waals surface area contributed by atoms with Crippen molar-refractivity contribution < 1.29 is 19.4 Å². The maximum absolute atomic E-state index is 12.7. The molecular weight excluding hydrogens is 282 g/mol. The first-order valence-electron chi connectivity index (χ1n) is 7.16. The summed E-state index contributed by atoms with van der Waals surface area (Å²) in [5.41, 5.74) is 0.502. The van der Waals surface area contributed by atoms with E-state index in [0.717, 1.165) is 10.8 Å². The van der Waals surface area contributed by atoms with Crippen molar-refractivity contribution >= 4 is 22.6 Å². The van der Waals surface area contributed by atoms with Crippen LogP contribution in [0, 0.1) is 0 Å². The van der Waals surface area contributed by atoms with Gasteiger partial charge in [-0.2, -0.15) is 0 Å². The number of ether oxygens (including phenoxy) is 1. The number of carbonyl (C=O) groups excluding carboxylic acids is 2. The van der Waals surface area contributed by atoms with Crippen LogP contribution in [-0.2, 0) is 9.53 Å². The molecule has 1 aliphatic heterocycles. The van der Waals surface area contributed by atoms with Gasteiger partial charge in [-0.1, -0.05) is 30.3 Å². The average molecular weight is 299 g/mol. The minimum absolute atomic E-state index is 0.144. The molecule has 1 aliphatic rings. The van der Waals surface area contributed by atoms with Gasteiger partial charge in [0.05, 0.1) is 13.2 Å². The first-order valence-corrected chi connectivity index (χ1v) is 7.16. The number of fused-ring (bicyclic) bond motifs is 1. The number of benzene rings is 2. The van der Waals surface area contributed by atoms with Crippen LogP contribution in [0.5, 0.6) is 0 Å². The summed E-state index contributed by atoms with van der Waals surface area (Å²) >= 11 is 0. The second-order valence-corrected chi connectivity index (χ2v) is 5.45. The fourth-order valence-corrected chi connectivity index (χ4v) is 2.89. The van der Waals surface area contributed by atoms with Crippen molar-refractivity contribution in [3.63, 3.8) is 0 Å². The summed E-state index contributed by atoms with van der Waals surface area (Å²) in [5, 5.41) is 11.8. The molecule has 22 heavy (non-hydrogen) atoms. The molecule has 0 aliphatic carbocycles. The topological polar surface area (TPSA) is 66.8 Å². The maximum Gasteiger partial charge on any atom is 0.328 e. The van der Waals surface area contributed by atoms with Gasteiger partial charge in [0.2, 0.25) is 0 Å². The molecule has 2 aromatic rings. The molecule has 1 N–H and O–H groups in total. The van der Waals surface area contributed by atoms with Gasteiger partial charge in [-0.05, 0) is 22.9 Å². The van der Waals surface area contributed by atoms with Gasteiger partial charge in [0, 0.05) is 18.5 Å². The van der Waals surface area contributed by atoms with E-state index in [-0.39, 0.29) is 18.9 Å². The molecule has 2 atom stereocenters. The number of β-amino-alcohol motifs (C(OH)–C–C–N with tert-alkyl or cyclic N) is 1. The lowest BCUT2D eigenvalue weighted by Crippen LogP contribution is -2.41. The average Bonchev–Trinajstić information content (AvgIpc) is 2.94. The molecule has 1 amide bonds. The van der Waals surface area contributed by atoms with Crippen LogP contribution >= 0.6 is 0 Å². The number of aliphatic hydroxyl groups excluding tert-OH is 1. The highest BCUT2D eigenvalue weighted by molar-refractivity contribution is 6.00. The molecule has 0 aromatic heterocycles. The molecule has 2 aromatic carbocycles. The van der Waals surface area contributed by atoms with Crippen LogP contribution in [0.4, 0.5) is 0 Å². The minimum atomic E-state index is -0.723. The van der Waals surface area contributed by atoms with E-state index < -0.39 is 18.1 Å². The highest BCUT2D eigenvalue weighted by Gasteiger charge is 2.39. The Balaban J connectivity index is 1.92. The number of carbonyl (C=O) groups is 2. The standard InChI is InChI=1S/C17H17NO4/c1-22-17(21)15-9-14(19)10-18(15)16(20)13-7-6-11-4-2-3-5-12(11)8-13/h2-8,14-15,19H,9-10H2,1H3. The number of amides is 1. The summed E-state index contributed by atoms with van der Waals surface area (Å²) in [6, 6.07) is 12.5. The van der Waals surface area contributed by atoms with E-state index in [2.05, 4.69) is 0 Å². The van der Waals surface area contributed by atoms with Crippen molar-refractivity contribution in [2.45, 2.75) is 18.6 Å². The summed E-state index contributed by atoms with van der Waals surface area (Å²) < 4.78 is 4.73. The van der Waals surface area contributed by atoms with Crippen LogP contribution in [0.15, 0.2) is 42.5 Å². The van der Waals surface area contributed by atoms with Crippen molar-refractivity contribution in [3.8, 4) is 0 Å². The van der Waals surface area contributed by atoms with E-state index in [9.17, 15) is 14.7 Å². The molecule has 0 radical (unpaired) electrons. The fourth-order valence-electron chi connectivity index (χ4n) is 2.89. The Hall–Kier alpha value is -2.40. The minimum Gasteiger partial charge on any atom is -0.467 e. The number of aliphatic hydroxyl groups is 1. The molecule has 2 unspecified atom stereocenters. The summed E-state index contributed by atoms with van der Waals surface area (Å²) in [5.74, 6) is -0.761. The Morgan fingerprint density at radius 1 is 1.18 bits per heavy atom. The molecule has 5 nitrogen and oxygen atoms in total. The SMILES string of the molecule is COC(=O)C1CC(O)CN1C(=O)c1ccc2ccccc2c1. The summed E-state index contributed by atoms with van der Waals surface area (Å²) in [6.45, 7) is 0.144. The van der Waals surface area contributed by atoms with Crippen LogP contribution in [0.1, 0.15) is 16.8 Å². The quantitative estimate of drug-likeness (QED) is 0.855. The number of likely N-dealkylation sites (tertiary alicyclic amines) is 1. The van der Waals surface area contributed by atoms with Gasteiger partial charge in [-0.15, -0.1) is 0 Å². The zero-order valence-electron chi connectivity index (χ0n) is 12.2. The van der Waals surface area contributed by atoms with E-state index >= 15 is 0 Å². The third-order valence-electron chi connectivity index (χ3n) is 4.01. The van der Waals surface area contributed by atoms with Gasteiger partial charge in [0.25, 0.3) is 5.91 Å². The van der Waals surface area contributed by atoms with Crippen molar-refractivity contribution in [3.05, 3.63) is 48.0 Å².